The molecule has 1 aliphatic rings. The number of nitrogens with one attached hydrogen (secondary N) is 1. The van der Waals surface area contributed by atoms with Crippen molar-refractivity contribution in [2.45, 2.75) is 65.8 Å². The maximum atomic E-state index is 6.31. The van der Waals surface area contributed by atoms with Crippen LogP contribution in [0.5, 0.6) is 0 Å². The predicted molar refractivity (Wildman–Crippen MR) is 89.6 cm³/mol. The minimum Gasteiger partial charge on any atom is -0.381 e. The van der Waals surface area contributed by atoms with Gasteiger partial charge in [-0.15, -0.1) is 0 Å². The molecule has 0 aliphatic heterocycles. The summed E-state index contributed by atoms with van der Waals surface area (Å²) in [5.41, 5.74) is 2.87. The van der Waals surface area contributed by atoms with E-state index in [0.29, 0.717) is 11.5 Å². The third-order valence-electron chi connectivity index (χ3n) is 5.31. The van der Waals surface area contributed by atoms with Gasteiger partial charge in [-0.1, -0.05) is 50.9 Å². The van der Waals surface area contributed by atoms with Crippen molar-refractivity contribution in [1.82, 2.24) is 0 Å². The Bertz CT molecular complexity index is 424. The van der Waals surface area contributed by atoms with E-state index in [2.05, 4.69) is 39.1 Å². The quantitative estimate of drug-likeness (QED) is 0.712. The fraction of sp³-hybridized carbons (Fsp3) is 0.667. The van der Waals surface area contributed by atoms with Gasteiger partial charge in [0.2, 0.25) is 0 Å². The van der Waals surface area contributed by atoms with E-state index in [1.807, 2.05) is 12.1 Å². The van der Waals surface area contributed by atoms with Gasteiger partial charge in [-0.3, -0.25) is 0 Å². The zero-order valence-electron chi connectivity index (χ0n) is 13.3. The van der Waals surface area contributed by atoms with Crippen molar-refractivity contribution >= 4 is 17.3 Å². The first-order chi connectivity index (χ1) is 9.44. The number of hydrogen-bond acceptors (Lipinski definition) is 1. The number of hydrogen-bond donors (Lipinski definition) is 1. The number of benzene rings is 1. The monoisotopic (exact) mass is 293 g/mol. The van der Waals surface area contributed by atoms with Crippen LogP contribution in [0.25, 0.3) is 0 Å². The molecule has 0 saturated heterocycles. The zero-order valence-corrected chi connectivity index (χ0v) is 14.1. The lowest BCUT2D eigenvalue weighted by Crippen LogP contribution is -2.32. The Hall–Kier alpha value is -0.690. The highest BCUT2D eigenvalue weighted by molar-refractivity contribution is 6.33. The van der Waals surface area contributed by atoms with Gasteiger partial charge in [0.1, 0.15) is 0 Å². The van der Waals surface area contributed by atoms with Gasteiger partial charge < -0.3 is 5.32 Å². The highest BCUT2D eigenvalue weighted by Crippen LogP contribution is 2.41. The summed E-state index contributed by atoms with van der Waals surface area (Å²) in [6, 6.07) is 6.70. The van der Waals surface area contributed by atoms with Crippen molar-refractivity contribution in [3.05, 3.63) is 28.8 Å². The van der Waals surface area contributed by atoms with Crippen LogP contribution < -0.4 is 5.32 Å². The van der Waals surface area contributed by atoms with E-state index in [4.69, 9.17) is 11.6 Å². The summed E-state index contributed by atoms with van der Waals surface area (Å²) in [6.07, 6.45) is 6.47. The Balaban J connectivity index is 1.95. The molecule has 1 aromatic carbocycles. The molecule has 1 aliphatic carbocycles. The first kappa shape index (κ1) is 15.7. The van der Waals surface area contributed by atoms with Crippen LogP contribution in [0.2, 0.25) is 5.02 Å². The smallest absolute Gasteiger partial charge is 0.0640 e. The lowest BCUT2D eigenvalue weighted by Gasteiger charge is -2.39. The highest BCUT2D eigenvalue weighted by atomic mass is 35.5. The Kier molecular flexibility index (Phi) is 5.01. The molecule has 0 heterocycles. The third-order valence-corrected chi connectivity index (χ3v) is 5.63. The fourth-order valence-electron chi connectivity index (χ4n) is 3.33. The fourth-order valence-corrected chi connectivity index (χ4v) is 3.60. The van der Waals surface area contributed by atoms with Crippen LogP contribution in [0.4, 0.5) is 5.69 Å². The van der Waals surface area contributed by atoms with E-state index < -0.39 is 0 Å². The van der Waals surface area contributed by atoms with Crippen LogP contribution in [0.3, 0.4) is 0 Å². The van der Waals surface area contributed by atoms with Crippen LogP contribution in [0, 0.1) is 18.3 Å². The highest BCUT2D eigenvalue weighted by Gasteiger charge is 2.31. The van der Waals surface area contributed by atoms with E-state index in [0.717, 1.165) is 16.6 Å². The van der Waals surface area contributed by atoms with Crippen molar-refractivity contribution < 1.29 is 0 Å². The lowest BCUT2D eigenvalue weighted by molar-refractivity contribution is 0.147. The van der Waals surface area contributed by atoms with Crippen LogP contribution in [0.1, 0.15) is 58.4 Å². The van der Waals surface area contributed by atoms with E-state index in [1.165, 1.54) is 37.7 Å². The molecular formula is C18H28ClN. The molecule has 1 saturated carbocycles. The molecule has 0 radical (unpaired) electrons. The Morgan fingerprint density at radius 1 is 1.20 bits per heavy atom. The van der Waals surface area contributed by atoms with Crippen molar-refractivity contribution in [3.8, 4) is 0 Å². The average molecular weight is 294 g/mol. The van der Waals surface area contributed by atoms with Gasteiger partial charge >= 0.3 is 0 Å². The maximum Gasteiger partial charge on any atom is 0.0640 e. The predicted octanol–water partition coefficient (Wildman–Crippen LogP) is 6.06. The van der Waals surface area contributed by atoms with Gasteiger partial charge in [-0.05, 0) is 55.6 Å². The minimum absolute atomic E-state index is 0.491. The van der Waals surface area contributed by atoms with Crippen LogP contribution in [-0.2, 0) is 0 Å². The van der Waals surface area contributed by atoms with E-state index in [-0.39, 0.29) is 0 Å². The largest absolute Gasteiger partial charge is 0.381 e. The molecule has 0 spiro atoms. The van der Waals surface area contributed by atoms with Crippen molar-refractivity contribution in [1.29, 1.82) is 0 Å². The molecule has 0 bridgehead atoms. The van der Waals surface area contributed by atoms with Crippen LogP contribution in [0.15, 0.2) is 18.2 Å². The van der Waals surface area contributed by atoms with Gasteiger partial charge in [-0.2, -0.15) is 0 Å². The molecule has 2 heteroatoms. The second kappa shape index (κ2) is 6.39. The SMILES string of the molecule is CCC(C)(C)C1CCC(Nc2c(C)cccc2Cl)CC1. The van der Waals surface area contributed by atoms with Crippen LogP contribution >= 0.6 is 11.6 Å². The molecule has 1 N–H and O–H groups in total. The molecule has 1 aromatic rings. The second-order valence-corrected chi connectivity index (χ2v) is 7.37. The first-order valence-corrected chi connectivity index (χ1v) is 8.33. The molecule has 2 rings (SSSR count). The standard InChI is InChI=1S/C18H28ClN/c1-5-18(3,4)14-9-11-15(12-10-14)20-17-13(2)7-6-8-16(17)19/h6-8,14-15,20H,5,9-12H2,1-4H3. The summed E-state index contributed by atoms with van der Waals surface area (Å²) >= 11 is 6.31. The van der Waals surface area contributed by atoms with Gasteiger partial charge in [0.25, 0.3) is 0 Å². The van der Waals surface area contributed by atoms with Crippen molar-refractivity contribution in [3.63, 3.8) is 0 Å². The number of rotatable bonds is 4. The van der Waals surface area contributed by atoms with Crippen LogP contribution in [-0.4, -0.2) is 6.04 Å². The van der Waals surface area contributed by atoms with E-state index in [1.54, 1.807) is 0 Å². The summed E-state index contributed by atoms with van der Waals surface area (Å²) in [5, 5.41) is 4.52. The minimum atomic E-state index is 0.491. The number of para-hydroxylation sites is 1. The third kappa shape index (κ3) is 3.49. The number of halogens is 1. The van der Waals surface area contributed by atoms with Crippen molar-refractivity contribution in [2.24, 2.45) is 11.3 Å². The lowest BCUT2D eigenvalue weighted by atomic mass is 9.69. The van der Waals surface area contributed by atoms with E-state index >= 15 is 0 Å². The molecule has 0 unspecified atom stereocenters. The molecule has 1 nitrogen and oxygen atoms in total. The molecular weight excluding hydrogens is 266 g/mol. The Morgan fingerprint density at radius 2 is 1.85 bits per heavy atom. The second-order valence-electron chi connectivity index (χ2n) is 6.97. The number of anilines is 1. The molecule has 112 valence electrons. The summed E-state index contributed by atoms with van der Waals surface area (Å²) in [6.45, 7) is 9.28. The summed E-state index contributed by atoms with van der Waals surface area (Å²) < 4.78 is 0. The molecule has 0 atom stereocenters. The molecule has 1 fully saturated rings. The maximum absolute atomic E-state index is 6.31. The Labute approximate surface area is 129 Å². The van der Waals surface area contributed by atoms with Gasteiger partial charge in [0.15, 0.2) is 0 Å². The topological polar surface area (TPSA) is 12.0 Å². The van der Waals surface area contributed by atoms with E-state index in [9.17, 15) is 0 Å². The summed E-state index contributed by atoms with van der Waals surface area (Å²) in [7, 11) is 0. The van der Waals surface area contributed by atoms with Gasteiger partial charge in [0.05, 0.1) is 10.7 Å². The molecule has 0 amide bonds. The van der Waals surface area contributed by atoms with Gasteiger partial charge in [0, 0.05) is 6.04 Å². The zero-order chi connectivity index (χ0) is 14.8. The molecule has 20 heavy (non-hydrogen) atoms. The van der Waals surface area contributed by atoms with Gasteiger partial charge in [-0.25, -0.2) is 0 Å². The normalized spacial score (nSPS) is 23.6. The Morgan fingerprint density at radius 3 is 2.40 bits per heavy atom. The molecule has 0 aromatic heterocycles. The average Bonchev–Trinajstić information content (AvgIpc) is 2.43. The summed E-state index contributed by atoms with van der Waals surface area (Å²) in [4.78, 5) is 0. The van der Waals surface area contributed by atoms with Crippen molar-refractivity contribution in [2.75, 3.05) is 5.32 Å². The number of aryl methyl sites for hydroxylation is 1. The first-order valence-electron chi connectivity index (χ1n) is 7.95. The summed E-state index contributed by atoms with van der Waals surface area (Å²) in [5.74, 6) is 0.873.